The number of aromatic nitrogens is 2. The Morgan fingerprint density at radius 2 is 2.10 bits per heavy atom. The van der Waals surface area contributed by atoms with E-state index in [-0.39, 0.29) is 0 Å². The summed E-state index contributed by atoms with van der Waals surface area (Å²) in [6.45, 7) is 8.09. The number of rotatable bonds is 5. The second-order valence-electron chi connectivity index (χ2n) is 5.09. The fourth-order valence-electron chi connectivity index (χ4n) is 1.47. The molecule has 7 heteroatoms. The van der Waals surface area contributed by atoms with Crippen molar-refractivity contribution >= 4 is 12.1 Å². The molecule has 1 N–H and O–H groups in total. The van der Waals surface area contributed by atoms with Crippen molar-refractivity contribution in [2.45, 2.75) is 39.8 Å². The highest BCUT2D eigenvalue weighted by Gasteiger charge is 2.16. The van der Waals surface area contributed by atoms with Crippen LogP contribution in [0, 0.1) is 0 Å². The summed E-state index contributed by atoms with van der Waals surface area (Å²) in [5, 5.41) is 6.62. The first kappa shape index (κ1) is 16.0. The minimum Gasteiger partial charge on any atom is -0.461 e. The van der Waals surface area contributed by atoms with Crippen molar-refractivity contribution in [1.82, 2.24) is 15.1 Å². The highest BCUT2D eigenvalue weighted by atomic mass is 16.6. The van der Waals surface area contributed by atoms with Gasteiger partial charge in [0.25, 0.3) is 0 Å². The van der Waals surface area contributed by atoms with E-state index in [0.717, 1.165) is 0 Å². The van der Waals surface area contributed by atoms with Crippen LogP contribution >= 0.6 is 0 Å². The monoisotopic (exact) mass is 283 g/mol. The molecule has 0 atom stereocenters. The fourth-order valence-corrected chi connectivity index (χ4v) is 1.47. The van der Waals surface area contributed by atoms with E-state index in [1.165, 1.54) is 10.9 Å². The largest absolute Gasteiger partial charge is 0.461 e. The van der Waals surface area contributed by atoms with Gasteiger partial charge in [0.05, 0.1) is 13.2 Å². The Balaban J connectivity index is 2.45. The summed E-state index contributed by atoms with van der Waals surface area (Å²) >= 11 is 0. The van der Waals surface area contributed by atoms with E-state index in [1.54, 1.807) is 33.8 Å². The van der Waals surface area contributed by atoms with Crippen molar-refractivity contribution in [1.29, 1.82) is 0 Å². The second-order valence-corrected chi connectivity index (χ2v) is 5.09. The molecular formula is C13H21N3O4. The van der Waals surface area contributed by atoms with Gasteiger partial charge >= 0.3 is 12.1 Å². The molecule has 0 saturated heterocycles. The van der Waals surface area contributed by atoms with Crippen LogP contribution in [0.5, 0.6) is 0 Å². The quantitative estimate of drug-likeness (QED) is 0.830. The molecule has 0 fully saturated rings. The number of esters is 1. The van der Waals surface area contributed by atoms with Gasteiger partial charge in [-0.2, -0.15) is 5.10 Å². The molecule has 1 amide bonds. The summed E-state index contributed by atoms with van der Waals surface area (Å²) in [5.41, 5.74) is -0.177. The van der Waals surface area contributed by atoms with E-state index in [2.05, 4.69) is 10.4 Å². The molecule has 0 radical (unpaired) electrons. The van der Waals surface area contributed by atoms with Crippen molar-refractivity contribution < 1.29 is 19.1 Å². The fraction of sp³-hybridized carbons (Fsp3) is 0.615. The molecule has 1 aromatic heterocycles. The predicted octanol–water partition coefficient (Wildman–Crippen LogP) is 1.58. The van der Waals surface area contributed by atoms with Gasteiger partial charge in [-0.15, -0.1) is 0 Å². The lowest BCUT2D eigenvalue weighted by Gasteiger charge is -2.19. The normalized spacial score (nSPS) is 11.0. The number of amides is 1. The lowest BCUT2D eigenvalue weighted by atomic mass is 10.2. The van der Waals surface area contributed by atoms with Crippen molar-refractivity contribution in [2.24, 2.45) is 0 Å². The van der Waals surface area contributed by atoms with E-state index < -0.39 is 17.7 Å². The third kappa shape index (κ3) is 5.29. The number of hydrogen-bond acceptors (Lipinski definition) is 5. The first-order valence-corrected chi connectivity index (χ1v) is 6.49. The molecular weight excluding hydrogens is 262 g/mol. The first-order chi connectivity index (χ1) is 9.33. The molecule has 1 aromatic rings. The summed E-state index contributed by atoms with van der Waals surface area (Å²) in [6.07, 6.45) is 1.02. The van der Waals surface area contributed by atoms with Gasteiger partial charge in [-0.3, -0.25) is 4.68 Å². The van der Waals surface area contributed by atoms with Crippen molar-refractivity contribution in [3.8, 4) is 0 Å². The molecule has 1 heterocycles. The van der Waals surface area contributed by atoms with Gasteiger partial charge in [0.15, 0.2) is 0 Å². The van der Waals surface area contributed by atoms with E-state index in [0.29, 0.717) is 25.4 Å². The maximum Gasteiger partial charge on any atom is 0.407 e. The number of carbonyl (C=O) groups excluding carboxylic acids is 2. The molecule has 112 valence electrons. The van der Waals surface area contributed by atoms with Crippen LogP contribution in [0.2, 0.25) is 0 Å². The third-order valence-corrected chi connectivity index (χ3v) is 2.19. The molecule has 0 saturated carbocycles. The molecule has 0 aromatic carbocycles. The minimum absolute atomic E-state index is 0.306. The van der Waals surface area contributed by atoms with Crippen LogP contribution in [0.15, 0.2) is 12.3 Å². The number of carbonyl (C=O) groups is 2. The summed E-state index contributed by atoms with van der Waals surface area (Å²) in [6, 6.07) is 1.57. The highest BCUT2D eigenvalue weighted by Crippen LogP contribution is 2.06. The predicted molar refractivity (Wildman–Crippen MR) is 72.4 cm³/mol. The van der Waals surface area contributed by atoms with E-state index in [9.17, 15) is 9.59 Å². The van der Waals surface area contributed by atoms with Gasteiger partial charge in [0.1, 0.15) is 11.3 Å². The summed E-state index contributed by atoms with van der Waals surface area (Å²) < 4.78 is 11.5. The molecule has 0 aliphatic heterocycles. The van der Waals surface area contributed by atoms with Crippen LogP contribution in [0.3, 0.4) is 0 Å². The van der Waals surface area contributed by atoms with Gasteiger partial charge in [0.2, 0.25) is 0 Å². The summed E-state index contributed by atoms with van der Waals surface area (Å²) in [7, 11) is 0. The third-order valence-electron chi connectivity index (χ3n) is 2.19. The van der Waals surface area contributed by atoms with Gasteiger partial charge in [-0.1, -0.05) is 0 Å². The smallest absolute Gasteiger partial charge is 0.407 e. The molecule has 0 unspecified atom stereocenters. The molecule has 1 rings (SSSR count). The van der Waals surface area contributed by atoms with Crippen molar-refractivity contribution in [2.75, 3.05) is 13.2 Å². The molecule has 0 bridgehead atoms. The molecule has 0 aliphatic rings. The standard InChI is InChI=1S/C13H21N3O4/c1-5-19-11(17)10-6-7-15-16(10)9-8-14-12(18)20-13(2,3)4/h6-7H,5,8-9H2,1-4H3,(H,14,18). The van der Waals surface area contributed by atoms with Gasteiger partial charge in [0, 0.05) is 12.7 Å². The van der Waals surface area contributed by atoms with Gasteiger partial charge < -0.3 is 14.8 Å². The van der Waals surface area contributed by atoms with E-state index in [1.807, 2.05) is 0 Å². The maximum atomic E-state index is 11.6. The van der Waals surface area contributed by atoms with Crippen LogP contribution in [0.25, 0.3) is 0 Å². The van der Waals surface area contributed by atoms with Crippen molar-refractivity contribution in [3.63, 3.8) is 0 Å². The number of ether oxygens (including phenoxy) is 2. The maximum absolute atomic E-state index is 11.6. The van der Waals surface area contributed by atoms with Crippen LogP contribution in [0.1, 0.15) is 38.2 Å². The summed E-state index contributed by atoms with van der Waals surface area (Å²) in [5.74, 6) is -0.428. The van der Waals surface area contributed by atoms with Crippen molar-refractivity contribution in [3.05, 3.63) is 18.0 Å². The Labute approximate surface area is 118 Å². The molecule has 0 aliphatic carbocycles. The van der Waals surface area contributed by atoms with E-state index >= 15 is 0 Å². The first-order valence-electron chi connectivity index (χ1n) is 6.49. The van der Waals surface area contributed by atoms with Crippen LogP contribution in [-0.4, -0.2) is 40.6 Å². The molecule has 7 nitrogen and oxygen atoms in total. The lowest BCUT2D eigenvalue weighted by Crippen LogP contribution is -2.34. The highest BCUT2D eigenvalue weighted by molar-refractivity contribution is 5.87. The van der Waals surface area contributed by atoms with Gasteiger partial charge in [-0.05, 0) is 33.8 Å². The molecule has 0 spiro atoms. The second kappa shape index (κ2) is 6.93. The average Bonchev–Trinajstić information content (AvgIpc) is 2.75. The SMILES string of the molecule is CCOC(=O)c1ccnn1CCNC(=O)OC(C)(C)C. The minimum atomic E-state index is -0.536. The topological polar surface area (TPSA) is 82.5 Å². The van der Waals surface area contributed by atoms with Crippen LogP contribution < -0.4 is 5.32 Å². The Morgan fingerprint density at radius 3 is 2.70 bits per heavy atom. The average molecular weight is 283 g/mol. The zero-order chi connectivity index (χ0) is 15.2. The number of hydrogen-bond donors (Lipinski definition) is 1. The summed E-state index contributed by atoms with van der Waals surface area (Å²) in [4.78, 5) is 23.1. The zero-order valence-electron chi connectivity index (χ0n) is 12.3. The lowest BCUT2D eigenvalue weighted by molar-refractivity contribution is 0.0512. The Hall–Kier alpha value is -2.05. The van der Waals surface area contributed by atoms with Crippen LogP contribution in [0.4, 0.5) is 4.79 Å². The Bertz CT molecular complexity index is 462. The van der Waals surface area contributed by atoms with E-state index in [4.69, 9.17) is 9.47 Å². The number of nitrogens with one attached hydrogen (secondary N) is 1. The zero-order valence-corrected chi connectivity index (χ0v) is 12.3. The molecule has 20 heavy (non-hydrogen) atoms. The number of nitrogens with zero attached hydrogens (tertiary/aromatic N) is 2. The Morgan fingerprint density at radius 1 is 1.40 bits per heavy atom. The van der Waals surface area contributed by atoms with Crippen LogP contribution in [-0.2, 0) is 16.0 Å². The number of alkyl carbamates (subject to hydrolysis) is 1. The Kier molecular flexibility index (Phi) is 5.54. The van der Waals surface area contributed by atoms with Gasteiger partial charge in [-0.25, -0.2) is 9.59 Å².